The van der Waals surface area contributed by atoms with Gasteiger partial charge in [0, 0.05) is 10.9 Å². The van der Waals surface area contributed by atoms with E-state index in [0.717, 1.165) is 25.6 Å². The van der Waals surface area contributed by atoms with E-state index in [1.807, 2.05) is 11.3 Å². The van der Waals surface area contributed by atoms with E-state index in [1.165, 1.54) is 17.7 Å². The maximum atomic E-state index is 5.76. The first-order valence-corrected chi connectivity index (χ1v) is 6.22. The summed E-state index contributed by atoms with van der Waals surface area (Å²) in [6.07, 6.45) is 3.85. The van der Waals surface area contributed by atoms with Gasteiger partial charge in [-0.1, -0.05) is 6.07 Å². The van der Waals surface area contributed by atoms with E-state index >= 15 is 0 Å². The summed E-state index contributed by atoms with van der Waals surface area (Å²) in [5.74, 6) is 0.606. The third-order valence-corrected chi connectivity index (χ3v) is 3.57. The van der Waals surface area contributed by atoms with Gasteiger partial charge in [-0.3, -0.25) is 0 Å². The summed E-state index contributed by atoms with van der Waals surface area (Å²) in [6, 6.07) is 5.11. The monoisotopic (exact) mass is 210 g/mol. The van der Waals surface area contributed by atoms with Crippen molar-refractivity contribution in [3.63, 3.8) is 0 Å². The molecule has 14 heavy (non-hydrogen) atoms. The minimum absolute atomic E-state index is 0.606. The largest absolute Gasteiger partial charge is 0.330 e. The lowest BCUT2D eigenvalue weighted by atomic mass is 10.1. The highest BCUT2D eigenvalue weighted by Gasteiger charge is 2.21. The molecule has 0 amide bonds. The van der Waals surface area contributed by atoms with Crippen LogP contribution in [0.3, 0.4) is 0 Å². The minimum Gasteiger partial charge on any atom is -0.330 e. The molecule has 1 aliphatic rings. The third kappa shape index (κ3) is 3.08. The van der Waals surface area contributed by atoms with Gasteiger partial charge in [-0.25, -0.2) is 0 Å². The summed E-state index contributed by atoms with van der Waals surface area (Å²) < 4.78 is 0. The van der Waals surface area contributed by atoms with Crippen LogP contribution in [0.25, 0.3) is 0 Å². The van der Waals surface area contributed by atoms with Gasteiger partial charge in [-0.05, 0) is 49.7 Å². The van der Waals surface area contributed by atoms with Gasteiger partial charge in [0.2, 0.25) is 0 Å². The Morgan fingerprint density at radius 3 is 3.00 bits per heavy atom. The average molecular weight is 210 g/mol. The molecule has 1 aromatic rings. The van der Waals surface area contributed by atoms with Gasteiger partial charge in [-0.15, -0.1) is 11.3 Å². The Morgan fingerprint density at radius 1 is 1.57 bits per heavy atom. The highest BCUT2D eigenvalue weighted by atomic mass is 32.1. The zero-order valence-corrected chi connectivity index (χ0v) is 9.22. The molecule has 1 saturated carbocycles. The summed E-state index contributed by atoms with van der Waals surface area (Å²) in [6.45, 7) is 1.87. The van der Waals surface area contributed by atoms with Crippen molar-refractivity contribution in [3.05, 3.63) is 22.4 Å². The first-order chi connectivity index (χ1) is 6.88. The van der Waals surface area contributed by atoms with Crippen LogP contribution in [-0.2, 0) is 6.42 Å². The molecule has 2 nitrogen and oxygen atoms in total. The predicted octanol–water partition coefficient (Wildman–Crippen LogP) is 1.62. The zero-order chi connectivity index (χ0) is 9.80. The van der Waals surface area contributed by atoms with Gasteiger partial charge in [0.1, 0.15) is 0 Å². The lowest BCUT2D eigenvalue weighted by Crippen LogP contribution is -2.30. The molecule has 1 fully saturated rings. The van der Waals surface area contributed by atoms with Gasteiger partial charge < -0.3 is 11.1 Å². The van der Waals surface area contributed by atoms with Crippen LogP contribution in [0.15, 0.2) is 17.5 Å². The number of thiophene rings is 1. The van der Waals surface area contributed by atoms with Gasteiger partial charge >= 0.3 is 0 Å². The molecule has 1 aliphatic carbocycles. The second-order valence-corrected chi connectivity index (χ2v) is 5.10. The van der Waals surface area contributed by atoms with Crippen LogP contribution in [0.4, 0.5) is 0 Å². The van der Waals surface area contributed by atoms with Crippen molar-refractivity contribution in [2.75, 3.05) is 13.1 Å². The van der Waals surface area contributed by atoms with E-state index in [0.29, 0.717) is 5.92 Å². The molecule has 0 aromatic carbocycles. The predicted molar refractivity (Wildman–Crippen MR) is 61.6 cm³/mol. The third-order valence-electron chi connectivity index (χ3n) is 2.68. The van der Waals surface area contributed by atoms with Crippen LogP contribution in [0.5, 0.6) is 0 Å². The molecule has 0 radical (unpaired) electrons. The van der Waals surface area contributed by atoms with Crippen molar-refractivity contribution in [2.24, 2.45) is 11.7 Å². The number of nitrogens with two attached hydrogens (primary N) is 1. The van der Waals surface area contributed by atoms with Gasteiger partial charge in [-0.2, -0.15) is 0 Å². The number of nitrogens with one attached hydrogen (secondary N) is 1. The lowest BCUT2D eigenvalue weighted by Gasteiger charge is -2.14. The fourth-order valence-electron chi connectivity index (χ4n) is 1.57. The Morgan fingerprint density at radius 2 is 2.43 bits per heavy atom. The molecule has 3 heteroatoms. The first kappa shape index (κ1) is 10.1. The summed E-state index contributed by atoms with van der Waals surface area (Å²) in [4.78, 5) is 1.46. The average Bonchev–Trinajstić information content (AvgIpc) is 2.90. The molecule has 0 saturated heterocycles. The topological polar surface area (TPSA) is 38.0 Å². The zero-order valence-electron chi connectivity index (χ0n) is 8.41. The van der Waals surface area contributed by atoms with E-state index in [2.05, 4.69) is 22.8 Å². The fraction of sp³-hybridized carbons (Fsp3) is 0.636. The molecule has 0 aliphatic heterocycles. The van der Waals surface area contributed by atoms with Crippen molar-refractivity contribution in [3.8, 4) is 0 Å². The van der Waals surface area contributed by atoms with Crippen LogP contribution in [0, 0.1) is 5.92 Å². The van der Waals surface area contributed by atoms with E-state index in [9.17, 15) is 0 Å². The van der Waals surface area contributed by atoms with Crippen molar-refractivity contribution in [1.82, 2.24) is 5.32 Å². The highest BCUT2D eigenvalue weighted by molar-refractivity contribution is 7.09. The van der Waals surface area contributed by atoms with Gasteiger partial charge in [0.05, 0.1) is 0 Å². The maximum Gasteiger partial charge on any atom is 0.00683 e. The van der Waals surface area contributed by atoms with Crippen LogP contribution in [0.1, 0.15) is 17.7 Å². The summed E-state index contributed by atoms with van der Waals surface area (Å²) in [5.41, 5.74) is 5.76. The summed E-state index contributed by atoms with van der Waals surface area (Å²) in [5, 5.41) is 5.68. The molecular formula is C11H18N2S. The van der Waals surface area contributed by atoms with Crippen molar-refractivity contribution < 1.29 is 0 Å². The highest BCUT2D eigenvalue weighted by Crippen LogP contribution is 2.19. The van der Waals surface area contributed by atoms with Gasteiger partial charge in [0.25, 0.3) is 0 Å². The molecule has 3 N–H and O–H groups in total. The first-order valence-electron chi connectivity index (χ1n) is 5.34. The van der Waals surface area contributed by atoms with E-state index < -0.39 is 0 Å². The number of hydrogen-bond donors (Lipinski definition) is 2. The molecule has 1 heterocycles. The molecule has 2 rings (SSSR count). The normalized spacial score (nSPS) is 18.4. The van der Waals surface area contributed by atoms with Crippen LogP contribution < -0.4 is 11.1 Å². The summed E-state index contributed by atoms with van der Waals surface area (Å²) >= 11 is 1.83. The number of rotatable bonds is 6. The number of hydrogen-bond acceptors (Lipinski definition) is 3. The van der Waals surface area contributed by atoms with E-state index in [-0.39, 0.29) is 0 Å². The molecule has 1 aromatic heterocycles. The molecule has 0 bridgehead atoms. The SMILES string of the molecule is NCC(CNC1CC1)Cc1cccs1. The Bertz CT molecular complexity index is 254. The second-order valence-electron chi connectivity index (χ2n) is 4.07. The van der Waals surface area contributed by atoms with Crippen LogP contribution in [-0.4, -0.2) is 19.1 Å². The maximum absolute atomic E-state index is 5.76. The van der Waals surface area contributed by atoms with Crippen molar-refractivity contribution >= 4 is 11.3 Å². The standard InChI is InChI=1S/C11H18N2S/c12-7-9(8-13-10-3-4-10)6-11-2-1-5-14-11/h1-2,5,9-10,13H,3-4,6-8,12H2. The molecule has 0 spiro atoms. The smallest absolute Gasteiger partial charge is 0.00683 e. The Kier molecular flexibility index (Phi) is 3.56. The Hall–Kier alpha value is -0.380. The molecule has 1 atom stereocenters. The Balaban J connectivity index is 1.74. The Labute approximate surface area is 89.5 Å². The van der Waals surface area contributed by atoms with Crippen molar-refractivity contribution in [2.45, 2.75) is 25.3 Å². The second kappa shape index (κ2) is 4.91. The molecule has 1 unspecified atom stereocenters. The van der Waals surface area contributed by atoms with Crippen LogP contribution in [0.2, 0.25) is 0 Å². The van der Waals surface area contributed by atoms with Crippen LogP contribution >= 0.6 is 11.3 Å². The quantitative estimate of drug-likeness (QED) is 0.749. The van der Waals surface area contributed by atoms with Gasteiger partial charge in [0.15, 0.2) is 0 Å². The summed E-state index contributed by atoms with van der Waals surface area (Å²) in [7, 11) is 0. The van der Waals surface area contributed by atoms with E-state index in [1.54, 1.807) is 0 Å². The lowest BCUT2D eigenvalue weighted by molar-refractivity contribution is 0.483. The van der Waals surface area contributed by atoms with Crippen molar-refractivity contribution in [1.29, 1.82) is 0 Å². The molecule has 78 valence electrons. The fourth-order valence-corrected chi connectivity index (χ4v) is 2.39. The minimum atomic E-state index is 0.606. The molecular weight excluding hydrogens is 192 g/mol. The van der Waals surface area contributed by atoms with E-state index in [4.69, 9.17) is 5.73 Å².